The highest BCUT2D eigenvalue weighted by molar-refractivity contribution is 6.00. The molecule has 2 aromatic carbocycles. The summed E-state index contributed by atoms with van der Waals surface area (Å²) >= 11 is 0. The van der Waals surface area contributed by atoms with Crippen molar-refractivity contribution in [3.63, 3.8) is 0 Å². The van der Waals surface area contributed by atoms with E-state index in [0.29, 0.717) is 22.4 Å². The molecule has 0 radical (unpaired) electrons. The third kappa shape index (κ3) is 4.22. The van der Waals surface area contributed by atoms with Crippen molar-refractivity contribution >= 4 is 28.5 Å². The molecule has 3 rings (SSSR count). The SMILES string of the molecule is Cn1c(=O)oc2cc(NC(=O)CCC(=O)c3ccc(C(C)(C)C)cc3)ccc21. The Kier molecular flexibility index (Phi) is 5.23. The maximum atomic E-state index is 12.3. The number of aryl methyl sites for hydroxylation is 1. The number of nitrogens with one attached hydrogen (secondary N) is 1. The van der Waals surface area contributed by atoms with E-state index >= 15 is 0 Å². The molecule has 0 spiro atoms. The van der Waals surface area contributed by atoms with Crippen LogP contribution in [0.25, 0.3) is 11.1 Å². The van der Waals surface area contributed by atoms with Gasteiger partial charge in [0.2, 0.25) is 5.91 Å². The van der Waals surface area contributed by atoms with Crippen LogP contribution >= 0.6 is 0 Å². The first-order chi connectivity index (χ1) is 13.1. The Morgan fingerprint density at radius 1 is 1.04 bits per heavy atom. The highest BCUT2D eigenvalue weighted by Gasteiger charge is 2.15. The van der Waals surface area contributed by atoms with Gasteiger partial charge in [-0.2, -0.15) is 0 Å². The summed E-state index contributed by atoms with van der Waals surface area (Å²) in [6, 6.07) is 12.5. The van der Waals surface area contributed by atoms with Gasteiger partial charge in [0.05, 0.1) is 5.52 Å². The number of ketones is 1. The maximum absolute atomic E-state index is 12.3. The van der Waals surface area contributed by atoms with E-state index in [1.807, 2.05) is 24.3 Å². The first-order valence-corrected chi connectivity index (χ1v) is 9.18. The van der Waals surface area contributed by atoms with Crippen molar-refractivity contribution < 1.29 is 14.0 Å². The molecule has 1 aromatic heterocycles. The lowest BCUT2D eigenvalue weighted by Gasteiger charge is -2.18. The smallest absolute Gasteiger partial charge is 0.408 e. The molecule has 6 heteroatoms. The number of fused-ring (bicyclic) bond motifs is 1. The van der Waals surface area contributed by atoms with Crippen LogP contribution < -0.4 is 11.1 Å². The van der Waals surface area contributed by atoms with Crippen molar-refractivity contribution in [2.24, 2.45) is 7.05 Å². The molecular weight excluding hydrogens is 356 g/mol. The second kappa shape index (κ2) is 7.46. The van der Waals surface area contributed by atoms with Crippen molar-refractivity contribution in [3.8, 4) is 0 Å². The summed E-state index contributed by atoms with van der Waals surface area (Å²) < 4.78 is 6.51. The van der Waals surface area contributed by atoms with Gasteiger partial charge in [-0.15, -0.1) is 0 Å². The molecule has 0 aliphatic heterocycles. The van der Waals surface area contributed by atoms with Crippen molar-refractivity contribution in [1.82, 2.24) is 4.57 Å². The number of anilines is 1. The Hall–Kier alpha value is -3.15. The first-order valence-electron chi connectivity index (χ1n) is 9.18. The molecule has 1 heterocycles. The number of carbonyl (C=O) groups is 2. The van der Waals surface area contributed by atoms with E-state index in [1.54, 1.807) is 25.2 Å². The Labute approximate surface area is 163 Å². The van der Waals surface area contributed by atoms with Crippen LogP contribution in [0.2, 0.25) is 0 Å². The van der Waals surface area contributed by atoms with Gasteiger partial charge in [0.1, 0.15) is 0 Å². The van der Waals surface area contributed by atoms with Crippen molar-refractivity contribution in [2.75, 3.05) is 5.32 Å². The van der Waals surface area contributed by atoms with Crippen molar-refractivity contribution in [1.29, 1.82) is 0 Å². The van der Waals surface area contributed by atoms with Gasteiger partial charge in [-0.05, 0) is 23.1 Å². The number of benzene rings is 2. The molecular formula is C22H24N2O4. The number of oxazole rings is 1. The summed E-state index contributed by atoms with van der Waals surface area (Å²) in [5, 5.41) is 2.74. The number of carbonyl (C=O) groups excluding carboxylic acids is 2. The van der Waals surface area contributed by atoms with Crippen LogP contribution in [0.1, 0.15) is 49.5 Å². The molecule has 1 amide bonds. The fourth-order valence-corrected chi connectivity index (χ4v) is 2.96. The van der Waals surface area contributed by atoms with E-state index in [2.05, 4.69) is 26.1 Å². The third-order valence-corrected chi connectivity index (χ3v) is 4.73. The minimum Gasteiger partial charge on any atom is -0.408 e. The van der Waals surface area contributed by atoms with Gasteiger partial charge in [0.25, 0.3) is 0 Å². The molecule has 6 nitrogen and oxygen atoms in total. The summed E-state index contributed by atoms with van der Waals surface area (Å²) in [7, 11) is 1.62. The van der Waals surface area contributed by atoms with Gasteiger partial charge in [-0.3, -0.25) is 14.2 Å². The second-order valence-electron chi connectivity index (χ2n) is 7.91. The number of hydrogen-bond acceptors (Lipinski definition) is 4. The average molecular weight is 380 g/mol. The standard InChI is InChI=1S/C22H24N2O4/c1-22(2,3)15-7-5-14(6-8-15)18(25)11-12-20(26)23-16-9-10-17-19(13-16)28-21(27)24(17)4/h5-10,13H,11-12H2,1-4H3,(H,23,26). The second-order valence-corrected chi connectivity index (χ2v) is 7.91. The number of nitrogens with zero attached hydrogens (tertiary/aromatic N) is 1. The number of hydrogen-bond donors (Lipinski definition) is 1. The third-order valence-electron chi connectivity index (χ3n) is 4.73. The minimum atomic E-state index is -0.457. The van der Waals surface area contributed by atoms with Gasteiger partial charge >= 0.3 is 5.76 Å². The predicted octanol–water partition coefficient (Wildman–Crippen LogP) is 4.03. The monoisotopic (exact) mass is 380 g/mol. The molecule has 0 fully saturated rings. The molecule has 0 saturated carbocycles. The first kappa shape index (κ1) is 19.6. The zero-order valence-electron chi connectivity index (χ0n) is 16.5. The van der Waals surface area contributed by atoms with E-state index in [9.17, 15) is 14.4 Å². The van der Waals surface area contributed by atoms with Crippen LogP contribution in [0.5, 0.6) is 0 Å². The molecule has 0 bridgehead atoms. The largest absolute Gasteiger partial charge is 0.419 e. The van der Waals surface area contributed by atoms with Crippen LogP contribution in [-0.2, 0) is 17.3 Å². The summed E-state index contributed by atoms with van der Waals surface area (Å²) in [6.45, 7) is 6.35. The molecule has 0 atom stereocenters. The average Bonchev–Trinajstić information content (AvgIpc) is 2.92. The number of aromatic nitrogens is 1. The van der Waals surface area contributed by atoms with E-state index in [4.69, 9.17) is 4.42 Å². The Balaban J connectivity index is 1.59. The topological polar surface area (TPSA) is 81.3 Å². The summed E-state index contributed by atoms with van der Waals surface area (Å²) in [6.07, 6.45) is 0.208. The Bertz CT molecular complexity index is 1080. The van der Waals surface area contributed by atoms with Gasteiger partial charge in [-0.1, -0.05) is 45.0 Å². The lowest BCUT2D eigenvalue weighted by atomic mass is 9.86. The van der Waals surface area contributed by atoms with Crippen LogP contribution in [0.15, 0.2) is 51.7 Å². The van der Waals surface area contributed by atoms with Gasteiger partial charge in [0, 0.05) is 37.2 Å². The summed E-state index contributed by atoms with van der Waals surface area (Å²) in [5.41, 5.74) is 3.37. The maximum Gasteiger partial charge on any atom is 0.419 e. The van der Waals surface area contributed by atoms with Crippen LogP contribution in [0.3, 0.4) is 0 Å². The lowest BCUT2D eigenvalue weighted by molar-refractivity contribution is -0.116. The Morgan fingerprint density at radius 2 is 1.71 bits per heavy atom. The Morgan fingerprint density at radius 3 is 2.36 bits per heavy atom. The molecule has 0 unspecified atom stereocenters. The van der Waals surface area contributed by atoms with Crippen LogP contribution in [-0.4, -0.2) is 16.3 Å². The van der Waals surface area contributed by atoms with E-state index in [0.717, 1.165) is 5.56 Å². The predicted molar refractivity (Wildman–Crippen MR) is 109 cm³/mol. The van der Waals surface area contributed by atoms with Crippen LogP contribution in [0, 0.1) is 0 Å². The van der Waals surface area contributed by atoms with Gasteiger partial charge in [0.15, 0.2) is 11.4 Å². The van der Waals surface area contributed by atoms with E-state index in [1.165, 1.54) is 4.57 Å². The quantitative estimate of drug-likeness (QED) is 0.678. The molecule has 0 aliphatic carbocycles. The number of amides is 1. The zero-order chi connectivity index (χ0) is 20.5. The van der Waals surface area contributed by atoms with Crippen LogP contribution in [0.4, 0.5) is 5.69 Å². The fraction of sp³-hybridized carbons (Fsp3) is 0.318. The van der Waals surface area contributed by atoms with E-state index in [-0.39, 0.29) is 29.9 Å². The minimum absolute atomic E-state index is 0.0282. The van der Waals surface area contributed by atoms with E-state index < -0.39 is 5.76 Å². The highest BCUT2D eigenvalue weighted by atomic mass is 16.4. The zero-order valence-corrected chi connectivity index (χ0v) is 16.5. The summed E-state index contributed by atoms with van der Waals surface area (Å²) in [5.74, 6) is -0.793. The molecule has 0 aliphatic rings. The molecule has 0 saturated heterocycles. The number of rotatable bonds is 5. The fourth-order valence-electron chi connectivity index (χ4n) is 2.96. The molecule has 3 aromatic rings. The normalized spacial score (nSPS) is 11.6. The lowest BCUT2D eigenvalue weighted by Crippen LogP contribution is -2.14. The van der Waals surface area contributed by atoms with Gasteiger partial charge < -0.3 is 9.73 Å². The van der Waals surface area contributed by atoms with Crippen molar-refractivity contribution in [2.45, 2.75) is 39.0 Å². The molecule has 28 heavy (non-hydrogen) atoms. The summed E-state index contributed by atoms with van der Waals surface area (Å²) in [4.78, 5) is 36.1. The molecule has 146 valence electrons. The van der Waals surface area contributed by atoms with Crippen molar-refractivity contribution in [3.05, 3.63) is 64.1 Å². The highest BCUT2D eigenvalue weighted by Crippen LogP contribution is 2.23. The molecule has 1 N–H and O–H groups in total. The van der Waals surface area contributed by atoms with Gasteiger partial charge in [-0.25, -0.2) is 4.79 Å². The number of Topliss-reactive ketones (excluding diaryl/α,β-unsaturated/α-hetero) is 1.